The highest BCUT2D eigenvalue weighted by Gasteiger charge is 2.61. The van der Waals surface area contributed by atoms with Crippen LogP contribution in [0.25, 0.3) is 17.1 Å². The van der Waals surface area contributed by atoms with E-state index in [1.807, 2.05) is 18.0 Å². The quantitative estimate of drug-likeness (QED) is 0.698. The molecule has 0 saturated heterocycles. The number of hydrogen-bond acceptors (Lipinski definition) is 4. The molecular weight excluding hydrogens is 410 g/mol. The van der Waals surface area contributed by atoms with Crippen LogP contribution in [0.1, 0.15) is 51.5 Å². The minimum atomic E-state index is -0.405. The van der Waals surface area contributed by atoms with Crippen molar-refractivity contribution in [1.82, 2.24) is 14.9 Å². The molecule has 1 N–H and O–H groups in total. The zero-order chi connectivity index (χ0) is 23.0. The van der Waals surface area contributed by atoms with Crippen LogP contribution in [-0.4, -0.2) is 45.1 Å². The maximum atomic E-state index is 12.3. The normalized spacial score (nSPS) is 41.2. The third-order valence-electron chi connectivity index (χ3n) is 9.84. The number of aliphatic hydroxyl groups is 1. The molecule has 3 aliphatic carbocycles. The van der Waals surface area contributed by atoms with Crippen LogP contribution in [-0.2, 0) is 4.79 Å². The van der Waals surface area contributed by atoms with E-state index in [1.54, 1.807) is 18.5 Å². The second kappa shape index (κ2) is 7.23. The summed E-state index contributed by atoms with van der Waals surface area (Å²) < 4.78 is 0. The Morgan fingerprint density at radius 2 is 1.88 bits per heavy atom. The highest BCUT2D eigenvalue weighted by molar-refractivity contribution is 5.89. The summed E-state index contributed by atoms with van der Waals surface area (Å²) in [6.07, 6.45) is 14.5. The first-order valence-corrected chi connectivity index (χ1v) is 12.4. The summed E-state index contributed by atoms with van der Waals surface area (Å²) in [6.45, 7) is 4.68. The number of likely N-dealkylation sites (N-methyl/N-ethyl adjacent to an activating group) is 1. The summed E-state index contributed by atoms with van der Waals surface area (Å²) in [5, 5.41) is 11.5. The highest BCUT2D eigenvalue weighted by Crippen LogP contribution is 2.65. The molecule has 0 radical (unpaired) electrons. The largest absolute Gasteiger partial charge is 0.388 e. The van der Waals surface area contributed by atoms with Crippen LogP contribution >= 0.6 is 0 Å². The molecule has 5 heteroatoms. The van der Waals surface area contributed by atoms with Crippen LogP contribution < -0.4 is 0 Å². The molecule has 0 bridgehead atoms. The lowest BCUT2D eigenvalue weighted by atomic mass is 9.48. The van der Waals surface area contributed by atoms with Gasteiger partial charge < -0.3 is 10.0 Å². The number of carbonyl (C=O) groups is 1. The molecule has 5 nitrogen and oxygen atoms in total. The van der Waals surface area contributed by atoms with E-state index in [0.29, 0.717) is 23.8 Å². The molecule has 172 valence electrons. The first-order chi connectivity index (χ1) is 15.8. The van der Waals surface area contributed by atoms with Gasteiger partial charge in [0.1, 0.15) is 0 Å². The fraction of sp³-hybridized carbons (Fsp3) is 0.536. The van der Waals surface area contributed by atoms with E-state index in [2.05, 4.69) is 48.1 Å². The maximum Gasteiger partial charge on any atom is 0.246 e. The van der Waals surface area contributed by atoms with Gasteiger partial charge in [0, 0.05) is 36.3 Å². The summed E-state index contributed by atoms with van der Waals surface area (Å²) in [4.78, 5) is 23.1. The molecule has 33 heavy (non-hydrogen) atoms. The average Bonchev–Trinajstić information content (AvgIpc) is 3.07. The Balaban J connectivity index is 1.33. The smallest absolute Gasteiger partial charge is 0.246 e. The molecule has 3 saturated carbocycles. The van der Waals surface area contributed by atoms with Gasteiger partial charge in [0.25, 0.3) is 0 Å². The van der Waals surface area contributed by atoms with E-state index in [1.165, 1.54) is 0 Å². The molecule has 0 unspecified atom stereocenters. The summed E-state index contributed by atoms with van der Waals surface area (Å²) in [7, 11) is 1.97. The second-order valence-corrected chi connectivity index (χ2v) is 11.3. The molecule has 3 fully saturated rings. The van der Waals surface area contributed by atoms with E-state index in [4.69, 9.17) is 0 Å². The average molecular weight is 444 g/mol. The van der Waals surface area contributed by atoms with Crippen molar-refractivity contribution in [1.29, 1.82) is 0 Å². The zero-order valence-corrected chi connectivity index (χ0v) is 19.7. The lowest BCUT2D eigenvalue weighted by Crippen LogP contribution is -2.59. The summed E-state index contributed by atoms with van der Waals surface area (Å²) in [5.74, 6) is 1.76. The van der Waals surface area contributed by atoms with Gasteiger partial charge in [-0.2, -0.15) is 0 Å². The SMILES string of the molecule is CN1C(=O)C=C[C@]2(C)[C@H]3CC[C@]4(C)[C@@H](O)C(=Cc5ccc6nccnc6c5)C[C@H]4[C@@H]3CC[C@@H]12. The summed E-state index contributed by atoms with van der Waals surface area (Å²) in [6, 6.07) is 6.45. The van der Waals surface area contributed by atoms with Crippen molar-refractivity contribution in [2.75, 3.05) is 7.05 Å². The van der Waals surface area contributed by atoms with Crippen molar-refractivity contribution in [2.24, 2.45) is 28.6 Å². The Labute approximate surface area is 195 Å². The van der Waals surface area contributed by atoms with Gasteiger partial charge in [0.15, 0.2) is 0 Å². The van der Waals surface area contributed by atoms with Crippen molar-refractivity contribution in [3.63, 3.8) is 0 Å². The molecule has 7 atom stereocenters. The van der Waals surface area contributed by atoms with Gasteiger partial charge in [-0.05, 0) is 79.2 Å². The van der Waals surface area contributed by atoms with Crippen molar-refractivity contribution < 1.29 is 9.90 Å². The van der Waals surface area contributed by atoms with E-state index in [-0.39, 0.29) is 16.7 Å². The van der Waals surface area contributed by atoms with Gasteiger partial charge in [-0.15, -0.1) is 0 Å². The van der Waals surface area contributed by atoms with E-state index in [0.717, 1.165) is 54.3 Å². The number of aliphatic hydroxyl groups excluding tert-OH is 1. The molecule has 1 aromatic heterocycles. The Morgan fingerprint density at radius 1 is 1.09 bits per heavy atom. The Kier molecular flexibility index (Phi) is 4.61. The predicted molar refractivity (Wildman–Crippen MR) is 129 cm³/mol. The van der Waals surface area contributed by atoms with E-state index >= 15 is 0 Å². The number of nitrogens with zero attached hydrogens (tertiary/aromatic N) is 3. The zero-order valence-electron chi connectivity index (χ0n) is 19.7. The lowest BCUT2D eigenvalue weighted by Gasteiger charge is -2.59. The lowest BCUT2D eigenvalue weighted by molar-refractivity contribution is -0.140. The highest BCUT2D eigenvalue weighted by atomic mass is 16.3. The monoisotopic (exact) mass is 443 g/mol. The van der Waals surface area contributed by atoms with Crippen LogP contribution in [0.4, 0.5) is 0 Å². The molecule has 1 aliphatic heterocycles. The van der Waals surface area contributed by atoms with Crippen LogP contribution in [0.3, 0.4) is 0 Å². The molecule has 2 heterocycles. The van der Waals surface area contributed by atoms with Crippen LogP contribution in [0.5, 0.6) is 0 Å². The van der Waals surface area contributed by atoms with Crippen molar-refractivity contribution >= 4 is 23.0 Å². The molecular formula is C28H33N3O2. The topological polar surface area (TPSA) is 66.3 Å². The number of hydrogen-bond donors (Lipinski definition) is 1. The van der Waals surface area contributed by atoms with Gasteiger partial charge in [-0.1, -0.05) is 32.1 Å². The summed E-state index contributed by atoms with van der Waals surface area (Å²) in [5.41, 5.74) is 3.97. The Hall–Kier alpha value is -2.53. The molecule has 1 amide bonds. The molecule has 2 aromatic rings. The van der Waals surface area contributed by atoms with Gasteiger partial charge in [-0.3, -0.25) is 14.8 Å². The number of amides is 1. The van der Waals surface area contributed by atoms with Gasteiger partial charge in [-0.25, -0.2) is 0 Å². The van der Waals surface area contributed by atoms with E-state index < -0.39 is 6.10 Å². The van der Waals surface area contributed by atoms with Gasteiger partial charge in [0.05, 0.1) is 17.1 Å². The van der Waals surface area contributed by atoms with Crippen molar-refractivity contribution in [3.05, 3.63) is 53.9 Å². The predicted octanol–water partition coefficient (Wildman–Crippen LogP) is 4.62. The van der Waals surface area contributed by atoms with Crippen LogP contribution in [0.2, 0.25) is 0 Å². The third kappa shape index (κ3) is 2.97. The standard InChI is InChI=1S/C28H33N3O2/c1-27-11-9-25(32)31(3)24(27)7-5-19-20(27)8-10-28(2)21(19)16-18(26(28)33)14-17-4-6-22-23(15-17)30-13-12-29-22/h4,6,9,11-15,19-21,24,26,33H,5,7-8,10,16H2,1-3H3/t19-,20+,21+,24-,26+,27-,28+/m1/s1. The third-order valence-corrected chi connectivity index (χ3v) is 9.84. The van der Waals surface area contributed by atoms with Crippen LogP contribution in [0.15, 0.2) is 48.3 Å². The minimum Gasteiger partial charge on any atom is -0.388 e. The van der Waals surface area contributed by atoms with Gasteiger partial charge >= 0.3 is 0 Å². The van der Waals surface area contributed by atoms with E-state index in [9.17, 15) is 9.90 Å². The Morgan fingerprint density at radius 3 is 2.70 bits per heavy atom. The number of fused-ring (bicyclic) bond motifs is 6. The fourth-order valence-corrected chi connectivity index (χ4v) is 8.02. The number of rotatable bonds is 1. The molecule has 6 rings (SSSR count). The van der Waals surface area contributed by atoms with Crippen molar-refractivity contribution in [2.45, 2.75) is 58.1 Å². The minimum absolute atomic E-state index is 0.0291. The van der Waals surface area contributed by atoms with Gasteiger partial charge in [0.2, 0.25) is 5.91 Å². The number of benzene rings is 1. The maximum absolute atomic E-state index is 12.3. The van der Waals surface area contributed by atoms with Crippen LogP contribution in [0, 0.1) is 28.6 Å². The number of aromatic nitrogens is 2. The molecule has 0 spiro atoms. The van der Waals surface area contributed by atoms with Crippen molar-refractivity contribution in [3.8, 4) is 0 Å². The number of carbonyl (C=O) groups excluding carboxylic acids is 1. The summed E-state index contributed by atoms with van der Waals surface area (Å²) >= 11 is 0. The first-order valence-electron chi connectivity index (χ1n) is 12.4. The fourth-order valence-electron chi connectivity index (χ4n) is 8.02. The second-order valence-electron chi connectivity index (χ2n) is 11.3. The first kappa shape index (κ1) is 21.0. The Bertz CT molecular complexity index is 1190. The molecule has 4 aliphatic rings. The molecule has 1 aromatic carbocycles.